The maximum Gasteiger partial charge on any atom is 0.275 e. The third-order valence-corrected chi connectivity index (χ3v) is 2.69. The molecule has 0 heterocycles. The van der Waals surface area contributed by atoms with Crippen LogP contribution >= 0.6 is 0 Å². The van der Waals surface area contributed by atoms with Gasteiger partial charge in [-0.2, -0.15) is 0 Å². The van der Waals surface area contributed by atoms with Gasteiger partial charge >= 0.3 is 0 Å². The molecule has 6 heteroatoms. The number of nitrogens with one attached hydrogen (secondary N) is 1. The average molecular weight is 274 g/mol. The molecule has 0 spiro atoms. The highest BCUT2D eigenvalue weighted by Crippen LogP contribution is 2.30. The molecule has 0 saturated heterocycles. The fourth-order valence-electron chi connectivity index (χ4n) is 1.67. The van der Waals surface area contributed by atoms with Gasteiger partial charge in [-0.3, -0.25) is 10.1 Å². The highest BCUT2D eigenvalue weighted by Gasteiger charge is 2.10. The molecule has 0 fully saturated rings. The van der Waals surface area contributed by atoms with Crippen LogP contribution in [-0.4, -0.2) is 19.1 Å². The van der Waals surface area contributed by atoms with Crippen molar-refractivity contribution in [2.24, 2.45) is 0 Å². The maximum absolute atomic E-state index is 10.9. The van der Waals surface area contributed by atoms with E-state index < -0.39 is 4.92 Å². The Labute approximate surface area is 116 Å². The summed E-state index contributed by atoms with van der Waals surface area (Å²) in [6.07, 6.45) is 0. The van der Waals surface area contributed by atoms with Gasteiger partial charge in [0.15, 0.2) is 0 Å². The molecule has 0 amide bonds. The second-order valence-corrected chi connectivity index (χ2v) is 4.00. The Morgan fingerprint density at radius 2 is 1.70 bits per heavy atom. The lowest BCUT2D eigenvalue weighted by Gasteiger charge is -2.08. The van der Waals surface area contributed by atoms with E-state index in [9.17, 15) is 10.1 Å². The Morgan fingerprint density at radius 3 is 2.25 bits per heavy atom. The molecule has 2 aromatic carbocycles. The van der Waals surface area contributed by atoms with Crippen LogP contribution < -0.4 is 14.8 Å². The predicted molar refractivity (Wildman–Crippen MR) is 75.7 cm³/mol. The van der Waals surface area contributed by atoms with Gasteiger partial charge in [0.1, 0.15) is 17.2 Å². The molecule has 2 rings (SSSR count). The van der Waals surface area contributed by atoms with Crippen LogP contribution in [0.4, 0.5) is 11.4 Å². The minimum absolute atomic E-state index is 0.0274. The molecule has 0 aliphatic rings. The lowest BCUT2D eigenvalue weighted by Crippen LogP contribution is -1.94. The van der Waals surface area contributed by atoms with Crippen LogP contribution in [0.5, 0.6) is 17.2 Å². The van der Waals surface area contributed by atoms with Crippen LogP contribution in [0.25, 0.3) is 0 Å². The van der Waals surface area contributed by atoms with Gasteiger partial charge in [-0.15, -0.1) is 0 Å². The molecule has 0 saturated carbocycles. The first-order valence-electron chi connectivity index (χ1n) is 5.91. The molecule has 0 bridgehead atoms. The van der Waals surface area contributed by atoms with Crippen molar-refractivity contribution in [1.29, 1.82) is 0 Å². The standard InChI is InChI=1S/C14H14N2O4/c1-15-10-7-11(16(17)18)9-14(8-10)20-13-5-3-12(19-2)4-6-13/h3-9,15H,1-2H3. The molecule has 2 aromatic rings. The number of hydrogen-bond donors (Lipinski definition) is 1. The topological polar surface area (TPSA) is 73.6 Å². The first-order valence-corrected chi connectivity index (χ1v) is 5.91. The fourth-order valence-corrected chi connectivity index (χ4v) is 1.67. The van der Waals surface area contributed by atoms with Crippen molar-refractivity contribution < 1.29 is 14.4 Å². The van der Waals surface area contributed by atoms with E-state index in [4.69, 9.17) is 9.47 Å². The summed E-state index contributed by atoms with van der Waals surface area (Å²) in [5.41, 5.74) is 0.586. The summed E-state index contributed by atoms with van der Waals surface area (Å²) < 4.78 is 10.7. The zero-order valence-corrected chi connectivity index (χ0v) is 11.1. The Kier molecular flexibility index (Phi) is 4.05. The minimum Gasteiger partial charge on any atom is -0.497 e. The summed E-state index contributed by atoms with van der Waals surface area (Å²) >= 11 is 0. The smallest absolute Gasteiger partial charge is 0.275 e. The lowest BCUT2D eigenvalue weighted by molar-refractivity contribution is -0.384. The molecule has 0 aliphatic heterocycles. The van der Waals surface area contributed by atoms with Crippen LogP contribution in [0.3, 0.4) is 0 Å². The number of nitro benzene ring substituents is 1. The van der Waals surface area contributed by atoms with Crippen LogP contribution in [-0.2, 0) is 0 Å². The summed E-state index contributed by atoms with van der Waals surface area (Å²) in [6, 6.07) is 11.5. The summed E-state index contributed by atoms with van der Waals surface area (Å²) in [6.45, 7) is 0. The first kappa shape index (κ1) is 13.7. The van der Waals surface area contributed by atoms with Crippen LogP contribution in [0, 0.1) is 10.1 Å². The van der Waals surface area contributed by atoms with E-state index in [0.29, 0.717) is 22.9 Å². The second kappa shape index (κ2) is 5.92. The minimum atomic E-state index is -0.457. The van der Waals surface area contributed by atoms with Gasteiger partial charge in [0, 0.05) is 24.9 Å². The van der Waals surface area contributed by atoms with Gasteiger partial charge < -0.3 is 14.8 Å². The number of nitrogens with zero attached hydrogens (tertiary/aromatic N) is 1. The van der Waals surface area contributed by atoms with E-state index in [1.165, 1.54) is 12.1 Å². The largest absolute Gasteiger partial charge is 0.497 e. The maximum atomic E-state index is 10.9. The number of ether oxygens (including phenoxy) is 2. The quantitative estimate of drug-likeness (QED) is 0.667. The molecule has 20 heavy (non-hydrogen) atoms. The van der Waals surface area contributed by atoms with Crippen molar-refractivity contribution in [3.05, 3.63) is 52.6 Å². The van der Waals surface area contributed by atoms with E-state index >= 15 is 0 Å². The molecule has 0 aromatic heterocycles. The highest BCUT2D eigenvalue weighted by atomic mass is 16.6. The van der Waals surface area contributed by atoms with E-state index in [0.717, 1.165) is 0 Å². The molecule has 1 N–H and O–H groups in total. The molecule has 0 atom stereocenters. The number of hydrogen-bond acceptors (Lipinski definition) is 5. The van der Waals surface area contributed by atoms with Gasteiger partial charge in [0.2, 0.25) is 0 Å². The molecule has 104 valence electrons. The summed E-state index contributed by atoms with van der Waals surface area (Å²) in [7, 11) is 3.27. The van der Waals surface area contributed by atoms with Crippen molar-refractivity contribution in [2.45, 2.75) is 0 Å². The van der Waals surface area contributed by atoms with E-state index in [-0.39, 0.29) is 5.69 Å². The van der Waals surface area contributed by atoms with E-state index in [2.05, 4.69) is 5.32 Å². The van der Waals surface area contributed by atoms with Gasteiger partial charge in [0.05, 0.1) is 18.1 Å². The van der Waals surface area contributed by atoms with Crippen LogP contribution in [0.15, 0.2) is 42.5 Å². The van der Waals surface area contributed by atoms with Gasteiger partial charge in [-0.05, 0) is 24.3 Å². The van der Waals surface area contributed by atoms with Crippen molar-refractivity contribution >= 4 is 11.4 Å². The molecule has 0 radical (unpaired) electrons. The molecular weight excluding hydrogens is 260 g/mol. The average Bonchev–Trinajstić information content (AvgIpc) is 2.47. The summed E-state index contributed by atoms with van der Waals surface area (Å²) in [4.78, 5) is 10.4. The third kappa shape index (κ3) is 3.17. The zero-order chi connectivity index (χ0) is 14.5. The predicted octanol–water partition coefficient (Wildman–Crippen LogP) is 3.44. The van der Waals surface area contributed by atoms with E-state index in [1.807, 2.05) is 0 Å². The van der Waals surface area contributed by atoms with Crippen molar-refractivity contribution in [3.63, 3.8) is 0 Å². The number of nitro groups is 1. The van der Waals surface area contributed by atoms with Gasteiger partial charge in [-0.1, -0.05) is 0 Å². The van der Waals surface area contributed by atoms with E-state index in [1.54, 1.807) is 44.5 Å². The normalized spacial score (nSPS) is 9.90. The third-order valence-electron chi connectivity index (χ3n) is 2.69. The SMILES string of the molecule is CNc1cc(Oc2ccc(OC)cc2)cc([N+](=O)[O-])c1. The van der Waals surface area contributed by atoms with Crippen molar-refractivity contribution in [3.8, 4) is 17.2 Å². The number of methoxy groups -OCH3 is 1. The van der Waals surface area contributed by atoms with Crippen LogP contribution in [0.2, 0.25) is 0 Å². The van der Waals surface area contributed by atoms with Crippen molar-refractivity contribution in [2.75, 3.05) is 19.5 Å². The molecule has 6 nitrogen and oxygen atoms in total. The monoisotopic (exact) mass is 274 g/mol. The van der Waals surface area contributed by atoms with Crippen molar-refractivity contribution in [1.82, 2.24) is 0 Å². The lowest BCUT2D eigenvalue weighted by atomic mass is 10.2. The fraction of sp³-hybridized carbons (Fsp3) is 0.143. The second-order valence-electron chi connectivity index (χ2n) is 4.00. The summed E-state index contributed by atoms with van der Waals surface area (Å²) in [5.74, 6) is 1.69. The van der Waals surface area contributed by atoms with Gasteiger partial charge in [-0.25, -0.2) is 0 Å². The highest BCUT2D eigenvalue weighted by molar-refractivity contribution is 5.56. The number of rotatable bonds is 5. The zero-order valence-electron chi connectivity index (χ0n) is 11.1. The number of non-ortho nitro benzene ring substituents is 1. The molecular formula is C14H14N2O4. The first-order chi connectivity index (χ1) is 9.62. The molecule has 0 unspecified atom stereocenters. The summed E-state index contributed by atoms with van der Waals surface area (Å²) in [5, 5.41) is 13.7. The Hall–Kier alpha value is -2.76. The Morgan fingerprint density at radius 1 is 1.05 bits per heavy atom. The Balaban J connectivity index is 2.27. The van der Waals surface area contributed by atoms with Crippen LogP contribution in [0.1, 0.15) is 0 Å². The van der Waals surface area contributed by atoms with Gasteiger partial charge in [0.25, 0.3) is 5.69 Å². The molecule has 0 aliphatic carbocycles. The Bertz CT molecular complexity index is 611. The number of anilines is 1. The number of benzene rings is 2.